The average molecular weight is 221 g/mol. The van der Waals surface area contributed by atoms with Crippen LogP contribution in [0, 0.1) is 11.3 Å². The highest BCUT2D eigenvalue weighted by Gasteiger charge is 2.10. The quantitative estimate of drug-likeness (QED) is 0.579. The molecule has 88 valence electrons. The summed E-state index contributed by atoms with van der Waals surface area (Å²) in [7, 11) is 0. The van der Waals surface area contributed by atoms with Gasteiger partial charge in [-0.3, -0.25) is 5.41 Å². The van der Waals surface area contributed by atoms with E-state index in [1.165, 1.54) is 0 Å². The van der Waals surface area contributed by atoms with E-state index in [0.717, 1.165) is 13.1 Å². The number of nitrogens with two attached hydrogens (primary N) is 1. The topological polar surface area (TPSA) is 78.9 Å². The molecule has 0 spiro atoms. The highest BCUT2D eigenvalue weighted by molar-refractivity contribution is 5.93. The van der Waals surface area contributed by atoms with Gasteiger partial charge in [-0.2, -0.15) is 0 Å². The van der Waals surface area contributed by atoms with Gasteiger partial charge in [0.05, 0.1) is 0 Å². The molecule has 0 saturated heterocycles. The Hall–Kier alpha value is -1.65. The number of amidine groups is 1. The molecule has 0 atom stereocenters. The van der Waals surface area contributed by atoms with Gasteiger partial charge in [0, 0.05) is 19.3 Å². The number of anilines is 1. The summed E-state index contributed by atoms with van der Waals surface area (Å²) >= 11 is 0. The molecule has 0 fully saturated rings. The minimum absolute atomic E-state index is 0.0238. The number of hydrogen-bond donors (Lipinski definition) is 2. The first-order valence-corrected chi connectivity index (χ1v) is 5.47. The lowest BCUT2D eigenvalue weighted by Gasteiger charge is -2.22. The average Bonchev–Trinajstić information content (AvgIpc) is 2.25. The molecule has 0 aliphatic rings. The van der Waals surface area contributed by atoms with E-state index in [2.05, 4.69) is 35.6 Å². The Morgan fingerprint density at radius 1 is 1.56 bits per heavy atom. The van der Waals surface area contributed by atoms with Crippen molar-refractivity contribution >= 4 is 11.8 Å². The molecule has 0 aliphatic heterocycles. The lowest BCUT2D eigenvalue weighted by atomic mass is 10.2. The van der Waals surface area contributed by atoms with Crippen molar-refractivity contribution in [2.45, 2.75) is 20.8 Å². The number of nitrogen functional groups attached to an aromatic ring is 1. The molecule has 16 heavy (non-hydrogen) atoms. The molecular weight excluding hydrogens is 202 g/mol. The fraction of sp³-hybridized carbons (Fsp3) is 0.545. The Labute approximate surface area is 96.2 Å². The molecule has 0 radical (unpaired) electrons. The van der Waals surface area contributed by atoms with Crippen molar-refractivity contribution in [3.63, 3.8) is 0 Å². The maximum absolute atomic E-state index is 7.34. The molecule has 0 saturated carbocycles. The van der Waals surface area contributed by atoms with Crippen LogP contribution in [0.25, 0.3) is 0 Å². The van der Waals surface area contributed by atoms with E-state index in [9.17, 15) is 0 Å². The molecule has 3 N–H and O–H groups in total. The van der Waals surface area contributed by atoms with Crippen LogP contribution in [0.1, 0.15) is 26.5 Å². The monoisotopic (exact) mass is 221 g/mol. The van der Waals surface area contributed by atoms with Crippen molar-refractivity contribution in [3.05, 3.63) is 18.0 Å². The van der Waals surface area contributed by atoms with Crippen LogP contribution in [0.3, 0.4) is 0 Å². The van der Waals surface area contributed by atoms with Crippen molar-refractivity contribution in [1.29, 1.82) is 5.41 Å². The van der Waals surface area contributed by atoms with Gasteiger partial charge in [-0.15, -0.1) is 0 Å². The van der Waals surface area contributed by atoms with Crippen molar-refractivity contribution in [2.24, 2.45) is 11.7 Å². The van der Waals surface area contributed by atoms with Gasteiger partial charge in [0.1, 0.15) is 11.5 Å². The molecule has 0 aliphatic carbocycles. The van der Waals surface area contributed by atoms with Crippen LogP contribution < -0.4 is 10.6 Å². The molecule has 1 heterocycles. The van der Waals surface area contributed by atoms with Crippen LogP contribution in [0.4, 0.5) is 5.95 Å². The van der Waals surface area contributed by atoms with Crippen LogP contribution in [0.5, 0.6) is 0 Å². The molecular formula is C11H19N5. The lowest BCUT2D eigenvalue weighted by Crippen LogP contribution is -2.29. The van der Waals surface area contributed by atoms with Crippen LogP contribution in [-0.2, 0) is 0 Å². The highest BCUT2D eigenvalue weighted by atomic mass is 15.2. The second-order valence-corrected chi connectivity index (χ2v) is 4.09. The van der Waals surface area contributed by atoms with Gasteiger partial charge >= 0.3 is 0 Å². The summed E-state index contributed by atoms with van der Waals surface area (Å²) in [6.07, 6.45) is 1.64. The number of rotatable bonds is 5. The number of nitrogens with zero attached hydrogens (tertiary/aromatic N) is 3. The van der Waals surface area contributed by atoms with Crippen molar-refractivity contribution in [3.8, 4) is 0 Å². The summed E-state index contributed by atoms with van der Waals surface area (Å²) in [6, 6.07) is 1.65. The molecule has 1 aromatic rings. The predicted molar refractivity (Wildman–Crippen MR) is 65.8 cm³/mol. The van der Waals surface area contributed by atoms with E-state index in [-0.39, 0.29) is 5.84 Å². The molecule has 0 bridgehead atoms. The number of aromatic nitrogens is 2. The van der Waals surface area contributed by atoms with Gasteiger partial charge in [0.2, 0.25) is 5.95 Å². The SMILES string of the molecule is CCN(CC(C)C)c1nccc(C(=N)N)n1. The van der Waals surface area contributed by atoms with Gasteiger partial charge in [-0.1, -0.05) is 13.8 Å². The summed E-state index contributed by atoms with van der Waals surface area (Å²) in [4.78, 5) is 10.6. The Bertz CT molecular complexity index is 361. The van der Waals surface area contributed by atoms with E-state index in [0.29, 0.717) is 17.6 Å². The first kappa shape index (κ1) is 12.4. The summed E-state index contributed by atoms with van der Waals surface area (Å²) in [6.45, 7) is 8.11. The van der Waals surface area contributed by atoms with Crippen molar-refractivity contribution < 1.29 is 0 Å². The minimum atomic E-state index is -0.0238. The van der Waals surface area contributed by atoms with Gasteiger partial charge < -0.3 is 10.6 Å². The van der Waals surface area contributed by atoms with Crippen LogP contribution in [0.15, 0.2) is 12.3 Å². The Balaban J connectivity index is 2.92. The standard InChI is InChI=1S/C11H19N5/c1-4-16(7-8(2)3)11-14-6-5-9(15-11)10(12)13/h5-6,8H,4,7H2,1-3H3,(H3,12,13). The highest BCUT2D eigenvalue weighted by Crippen LogP contribution is 2.09. The second kappa shape index (κ2) is 5.44. The van der Waals surface area contributed by atoms with Gasteiger partial charge in [-0.25, -0.2) is 9.97 Å². The maximum atomic E-state index is 7.34. The molecule has 1 aromatic heterocycles. The second-order valence-electron chi connectivity index (χ2n) is 4.09. The molecule has 0 aromatic carbocycles. The zero-order valence-corrected chi connectivity index (χ0v) is 10.1. The fourth-order valence-electron chi connectivity index (χ4n) is 1.44. The largest absolute Gasteiger partial charge is 0.382 e. The third kappa shape index (κ3) is 3.18. The summed E-state index contributed by atoms with van der Waals surface area (Å²) in [5.74, 6) is 1.16. The van der Waals surface area contributed by atoms with E-state index in [4.69, 9.17) is 11.1 Å². The Kier molecular flexibility index (Phi) is 4.22. The van der Waals surface area contributed by atoms with E-state index in [1.807, 2.05) is 0 Å². The van der Waals surface area contributed by atoms with Gasteiger partial charge in [0.25, 0.3) is 0 Å². The number of nitrogens with one attached hydrogen (secondary N) is 1. The van der Waals surface area contributed by atoms with E-state index < -0.39 is 0 Å². The first-order chi connectivity index (χ1) is 7.54. The van der Waals surface area contributed by atoms with Crippen LogP contribution >= 0.6 is 0 Å². The van der Waals surface area contributed by atoms with Crippen LogP contribution in [0.2, 0.25) is 0 Å². The number of hydrogen-bond acceptors (Lipinski definition) is 4. The zero-order valence-electron chi connectivity index (χ0n) is 10.1. The van der Waals surface area contributed by atoms with E-state index in [1.54, 1.807) is 12.3 Å². The first-order valence-electron chi connectivity index (χ1n) is 5.47. The molecule has 0 amide bonds. The summed E-state index contributed by atoms with van der Waals surface area (Å²) in [5, 5.41) is 7.34. The van der Waals surface area contributed by atoms with Gasteiger partial charge in [0.15, 0.2) is 0 Å². The molecule has 5 nitrogen and oxygen atoms in total. The minimum Gasteiger partial charge on any atom is -0.382 e. The summed E-state index contributed by atoms with van der Waals surface area (Å²) < 4.78 is 0. The zero-order chi connectivity index (χ0) is 12.1. The third-order valence-electron chi connectivity index (χ3n) is 2.17. The smallest absolute Gasteiger partial charge is 0.225 e. The van der Waals surface area contributed by atoms with Crippen molar-refractivity contribution in [2.75, 3.05) is 18.0 Å². The fourth-order valence-corrected chi connectivity index (χ4v) is 1.44. The van der Waals surface area contributed by atoms with E-state index >= 15 is 0 Å². The van der Waals surface area contributed by atoms with Crippen molar-refractivity contribution in [1.82, 2.24) is 9.97 Å². The normalized spacial score (nSPS) is 10.5. The molecule has 1 rings (SSSR count). The maximum Gasteiger partial charge on any atom is 0.225 e. The Morgan fingerprint density at radius 3 is 2.75 bits per heavy atom. The van der Waals surface area contributed by atoms with Gasteiger partial charge in [-0.05, 0) is 18.9 Å². The predicted octanol–water partition coefficient (Wildman–Crippen LogP) is 1.24. The molecule has 0 unspecified atom stereocenters. The third-order valence-corrected chi connectivity index (χ3v) is 2.17. The summed E-state index contributed by atoms with van der Waals surface area (Å²) in [5.41, 5.74) is 5.88. The van der Waals surface area contributed by atoms with Crippen LogP contribution in [-0.4, -0.2) is 28.9 Å². The lowest BCUT2D eigenvalue weighted by molar-refractivity contribution is 0.609. The molecule has 5 heteroatoms. The Morgan fingerprint density at radius 2 is 2.25 bits per heavy atom.